The van der Waals surface area contributed by atoms with Crippen LogP contribution in [0.1, 0.15) is 19.4 Å². The molecule has 4 aromatic rings. The summed E-state index contributed by atoms with van der Waals surface area (Å²) < 4.78 is 46.0. The van der Waals surface area contributed by atoms with Gasteiger partial charge in [-0.05, 0) is 42.8 Å². The summed E-state index contributed by atoms with van der Waals surface area (Å²) in [6.45, 7) is 4.31. The van der Waals surface area contributed by atoms with Gasteiger partial charge in [0.25, 0.3) is 0 Å². The minimum absolute atomic E-state index is 0.473. The molecule has 0 bridgehead atoms. The molecule has 0 saturated heterocycles. The predicted octanol–water partition coefficient (Wildman–Crippen LogP) is 8.26. The Hall–Kier alpha value is -6.58. The highest BCUT2D eigenvalue weighted by Gasteiger charge is 2.14. The Morgan fingerprint density at radius 3 is 1.17 bits per heavy atom. The van der Waals surface area contributed by atoms with Crippen LogP contribution >= 0.6 is 0 Å². The molecule has 0 aromatic heterocycles. The van der Waals surface area contributed by atoms with Gasteiger partial charge in [0.15, 0.2) is 23.0 Å². The molecule has 16 heteroatoms. The number of hydrogen-bond donors (Lipinski definition) is 1. The molecule has 0 spiro atoms. The average Bonchev–Trinajstić information content (AvgIpc) is 3.15. The molecular formula is C37H45N5O11. The first-order valence-corrected chi connectivity index (χ1v) is 15.6. The van der Waals surface area contributed by atoms with Crippen LogP contribution in [0.5, 0.6) is 46.0 Å². The van der Waals surface area contributed by atoms with Crippen LogP contribution in [0.25, 0.3) is 0 Å². The lowest BCUT2D eigenvalue weighted by atomic mass is 10.2. The number of esters is 2. The number of nitrogens with two attached hydrogens (primary N) is 1. The molecule has 0 atom stereocenters. The SMILES string of the molecule is CC(=O)OC(C)=O.COc1ccc(N=Nc2cc(OC)c(OC)c(OC)c2)c(C)c1.COc1ccc(N=Nc2cc(OC)c(OC)c(OC)c2)c(N)c1. The van der Waals surface area contributed by atoms with Crippen LogP contribution in [0.2, 0.25) is 0 Å². The van der Waals surface area contributed by atoms with Gasteiger partial charge in [-0.1, -0.05) is 0 Å². The molecule has 0 aliphatic carbocycles. The van der Waals surface area contributed by atoms with E-state index >= 15 is 0 Å². The number of anilines is 1. The van der Waals surface area contributed by atoms with Crippen molar-refractivity contribution in [3.8, 4) is 46.0 Å². The maximum Gasteiger partial charge on any atom is 0.310 e. The molecule has 4 rings (SSSR count). The van der Waals surface area contributed by atoms with Crippen molar-refractivity contribution in [2.45, 2.75) is 20.8 Å². The smallest absolute Gasteiger partial charge is 0.310 e. The first kappa shape index (κ1) is 42.6. The first-order chi connectivity index (χ1) is 25.4. The van der Waals surface area contributed by atoms with Crippen LogP contribution in [-0.2, 0) is 14.3 Å². The van der Waals surface area contributed by atoms with Gasteiger partial charge in [0.05, 0.1) is 79.6 Å². The number of carbonyl (C=O) groups is 2. The molecule has 284 valence electrons. The average molecular weight is 736 g/mol. The summed E-state index contributed by atoms with van der Waals surface area (Å²) in [5.41, 5.74) is 9.82. The molecule has 0 saturated carbocycles. The summed E-state index contributed by atoms with van der Waals surface area (Å²) in [6.07, 6.45) is 0. The van der Waals surface area contributed by atoms with Gasteiger partial charge in [-0.3, -0.25) is 9.59 Å². The number of ether oxygens (including phenoxy) is 9. The second-order valence-corrected chi connectivity index (χ2v) is 10.3. The van der Waals surface area contributed by atoms with Crippen LogP contribution in [0, 0.1) is 6.92 Å². The molecule has 53 heavy (non-hydrogen) atoms. The molecule has 0 aliphatic rings. The minimum Gasteiger partial charge on any atom is -0.497 e. The van der Waals surface area contributed by atoms with E-state index in [0.717, 1.165) is 17.0 Å². The zero-order chi connectivity index (χ0) is 39.5. The van der Waals surface area contributed by atoms with Gasteiger partial charge < -0.3 is 48.4 Å². The van der Waals surface area contributed by atoms with Gasteiger partial charge in [0.2, 0.25) is 11.5 Å². The Kier molecular flexibility index (Phi) is 17.4. The van der Waals surface area contributed by atoms with Crippen LogP contribution < -0.4 is 43.6 Å². The Morgan fingerprint density at radius 2 is 0.868 bits per heavy atom. The Bertz CT molecular complexity index is 1710. The normalized spacial score (nSPS) is 10.2. The number of nitrogens with zero attached hydrogens (tertiary/aromatic N) is 4. The lowest BCUT2D eigenvalue weighted by Crippen LogP contribution is -2.03. The monoisotopic (exact) mass is 735 g/mol. The van der Waals surface area contributed by atoms with Crippen molar-refractivity contribution in [1.82, 2.24) is 0 Å². The van der Waals surface area contributed by atoms with E-state index < -0.39 is 11.9 Å². The second kappa shape index (κ2) is 21.6. The van der Waals surface area contributed by atoms with Crippen molar-refractivity contribution >= 4 is 40.4 Å². The van der Waals surface area contributed by atoms with E-state index in [1.54, 1.807) is 99.3 Å². The van der Waals surface area contributed by atoms with Crippen LogP contribution in [0.15, 0.2) is 81.1 Å². The molecule has 16 nitrogen and oxygen atoms in total. The predicted molar refractivity (Wildman–Crippen MR) is 198 cm³/mol. The van der Waals surface area contributed by atoms with Gasteiger partial charge >= 0.3 is 11.9 Å². The highest BCUT2D eigenvalue weighted by molar-refractivity contribution is 5.82. The van der Waals surface area contributed by atoms with Crippen LogP contribution in [0.3, 0.4) is 0 Å². The van der Waals surface area contributed by atoms with Crippen LogP contribution in [0.4, 0.5) is 28.4 Å². The van der Waals surface area contributed by atoms with Crippen molar-refractivity contribution in [1.29, 1.82) is 0 Å². The third-order valence-electron chi connectivity index (χ3n) is 6.77. The fourth-order valence-electron chi connectivity index (χ4n) is 4.29. The van der Waals surface area contributed by atoms with Gasteiger partial charge in [0.1, 0.15) is 17.2 Å². The number of azo groups is 2. The van der Waals surface area contributed by atoms with Crippen molar-refractivity contribution in [2.75, 3.05) is 62.6 Å². The fraction of sp³-hybridized carbons (Fsp3) is 0.297. The van der Waals surface area contributed by atoms with E-state index in [-0.39, 0.29) is 0 Å². The maximum absolute atomic E-state index is 9.81. The molecule has 4 aromatic carbocycles. The number of rotatable bonds is 12. The summed E-state index contributed by atoms with van der Waals surface area (Å²) in [5, 5.41) is 16.9. The van der Waals surface area contributed by atoms with E-state index in [4.69, 9.17) is 43.6 Å². The molecule has 0 fully saturated rings. The largest absolute Gasteiger partial charge is 0.497 e. The fourth-order valence-corrected chi connectivity index (χ4v) is 4.29. The summed E-state index contributed by atoms with van der Waals surface area (Å²) in [6, 6.07) is 17.7. The Balaban J connectivity index is 0.000000311. The van der Waals surface area contributed by atoms with E-state index in [2.05, 4.69) is 25.2 Å². The molecule has 0 heterocycles. The summed E-state index contributed by atoms with van der Waals surface area (Å²) in [5.74, 6) is 3.42. The maximum atomic E-state index is 9.81. The van der Waals surface area contributed by atoms with Gasteiger partial charge in [-0.2, -0.15) is 15.3 Å². The number of benzene rings is 4. The summed E-state index contributed by atoms with van der Waals surface area (Å²) in [7, 11) is 12.5. The number of methoxy groups -OCH3 is 8. The third kappa shape index (κ3) is 12.9. The zero-order valence-corrected chi connectivity index (χ0v) is 31.6. The van der Waals surface area contributed by atoms with E-state index in [9.17, 15) is 9.59 Å². The topological polar surface area (TPSA) is 193 Å². The van der Waals surface area contributed by atoms with Gasteiger partial charge in [-0.25, -0.2) is 0 Å². The lowest BCUT2D eigenvalue weighted by Gasteiger charge is -2.12. The van der Waals surface area contributed by atoms with Crippen molar-refractivity contribution < 1.29 is 52.2 Å². The zero-order valence-electron chi connectivity index (χ0n) is 31.6. The van der Waals surface area contributed by atoms with Crippen LogP contribution in [-0.4, -0.2) is 68.8 Å². The first-order valence-electron chi connectivity index (χ1n) is 15.6. The lowest BCUT2D eigenvalue weighted by molar-refractivity contribution is -0.156. The number of carbonyl (C=O) groups excluding carboxylic acids is 2. The summed E-state index contributed by atoms with van der Waals surface area (Å²) in [4.78, 5) is 19.6. The highest BCUT2D eigenvalue weighted by atomic mass is 16.6. The molecular weight excluding hydrogens is 690 g/mol. The van der Waals surface area contributed by atoms with Crippen molar-refractivity contribution in [3.63, 3.8) is 0 Å². The van der Waals surface area contributed by atoms with Crippen molar-refractivity contribution in [2.24, 2.45) is 20.5 Å². The summed E-state index contributed by atoms with van der Waals surface area (Å²) >= 11 is 0. The van der Waals surface area contributed by atoms with E-state index in [1.165, 1.54) is 13.8 Å². The number of nitrogen functional groups attached to an aromatic ring is 1. The molecule has 0 amide bonds. The molecule has 0 radical (unpaired) electrons. The van der Waals surface area contributed by atoms with Crippen molar-refractivity contribution in [3.05, 3.63) is 66.2 Å². The molecule has 0 aliphatic heterocycles. The second-order valence-electron chi connectivity index (χ2n) is 10.3. The number of hydrogen-bond acceptors (Lipinski definition) is 16. The molecule has 2 N–H and O–H groups in total. The standard InChI is InChI=1S/C17H20N2O4.C16H19N3O4.C4H6O3/c1-11-8-13(20-2)6-7-14(11)19-18-12-9-15(21-3)17(23-5)16(10-12)22-4;1-20-11-5-6-13(12(17)9-11)19-18-10-7-14(21-2)16(23-4)15(8-10)22-3;1-3(5)7-4(2)6/h6-10H,1-5H3;5-9H,17H2,1-4H3;1-2H3. The quantitative estimate of drug-likeness (QED) is 0.0635. The van der Waals surface area contributed by atoms with E-state index in [0.29, 0.717) is 63.0 Å². The van der Waals surface area contributed by atoms with Gasteiger partial charge in [0, 0.05) is 44.2 Å². The third-order valence-corrected chi connectivity index (χ3v) is 6.77. The Morgan fingerprint density at radius 1 is 0.491 bits per heavy atom. The van der Waals surface area contributed by atoms with Gasteiger partial charge in [-0.15, -0.1) is 5.11 Å². The molecule has 0 unspecified atom stereocenters. The Labute approximate surface area is 308 Å². The number of aryl methyl sites for hydroxylation is 1. The highest BCUT2D eigenvalue weighted by Crippen LogP contribution is 2.42. The van der Waals surface area contributed by atoms with E-state index in [1.807, 2.05) is 25.1 Å². The minimum atomic E-state index is -0.562.